The second-order valence-corrected chi connectivity index (χ2v) is 3.91. The molecular formula is C11H11N5O. The van der Waals surface area contributed by atoms with Crippen molar-refractivity contribution in [2.45, 2.75) is 19.3 Å². The van der Waals surface area contributed by atoms with Crippen LogP contribution in [0.3, 0.4) is 0 Å². The summed E-state index contributed by atoms with van der Waals surface area (Å²) in [6.07, 6.45) is 6.11. The molecule has 0 fully saturated rings. The number of aromatic nitrogens is 4. The average Bonchev–Trinajstić information content (AvgIpc) is 2.91. The highest BCUT2D eigenvalue weighted by atomic mass is 16.2. The summed E-state index contributed by atoms with van der Waals surface area (Å²) in [6, 6.07) is 1.70. The van der Waals surface area contributed by atoms with Crippen molar-refractivity contribution in [1.82, 2.24) is 20.2 Å². The highest BCUT2D eigenvalue weighted by molar-refractivity contribution is 6.03. The van der Waals surface area contributed by atoms with Crippen LogP contribution in [0.25, 0.3) is 0 Å². The third kappa shape index (κ3) is 1.77. The molecule has 0 spiro atoms. The highest BCUT2D eigenvalue weighted by Gasteiger charge is 2.23. The number of hydrogen-bond donors (Lipinski definition) is 2. The van der Waals surface area contributed by atoms with E-state index in [1.807, 2.05) is 0 Å². The molecule has 0 aliphatic heterocycles. The molecule has 6 nitrogen and oxygen atoms in total. The van der Waals surface area contributed by atoms with Gasteiger partial charge in [-0.2, -0.15) is 5.10 Å². The minimum absolute atomic E-state index is 0.254. The van der Waals surface area contributed by atoms with E-state index in [4.69, 9.17) is 0 Å². The number of aryl methyl sites for hydroxylation is 1. The van der Waals surface area contributed by atoms with Gasteiger partial charge >= 0.3 is 0 Å². The summed E-state index contributed by atoms with van der Waals surface area (Å²) in [5.74, 6) is 0.0443. The van der Waals surface area contributed by atoms with Gasteiger partial charge in [-0.25, -0.2) is 9.97 Å². The second kappa shape index (κ2) is 3.97. The Kier molecular flexibility index (Phi) is 2.32. The lowest BCUT2D eigenvalue weighted by atomic mass is 10.2. The molecule has 86 valence electrons. The molecule has 2 aromatic heterocycles. The Morgan fingerprint density at radius 2 is 2.12 bits per heavy atom. The van der Waals surface area contributed by atoms with E-state index in [0.29, 0.717) is 11.6 Å². The van der Waals surface area contributed by atoms with Crippen LogP contribution in [0.4, 0.5) is 5.95 Å². The predicted octanol–water partition coefficient (Wildman–Crippen LogP) is 0.941. The third-order valence-corrected chi connectivity index (χ3v) is 2.81. The number of nitrogens with one attached hydrogen (secondary N) is 2. The van der Waals surface area contributed by atoms with Crippen molar-refractivity contribution in [3.05, 3.63) is 35.4 Å². The van der Waals surface area contributed by atoms with Crippen molar-refractivity contribution in [3.8, 4) is 0 Å². The van der Waals surface area contributed by atoms with Crippen molar-refractivity contribution < 1.29 is 4.79 Å². The van der Waals surface area contributed by atoms with Gasteiger partial charge in [0.25, 0.3) is 5.91 Å². The molecule has 0 bridgehead atoms. The van der Waals surface area contributed by atoms with Crippen LogP contribution in [-0.4, -0.2) is 26.1 Å². The first-order valence-electron chi connectivity index (χ1n) is 5.49. The van der Waals surface area contributed by atoms with E-state index in [1.54, 1.807) is 18.5 Å². The lowest BCUT2D eigenvalue weighted by molar-refractivity contribution is 0.102. The van der Waals surface area contributed by atoms with Gasteiger partial charge in [0.15, 0.2) is 5.69 Å². The van der Waals surface area contributed by atoms with E-state index in [0.717, 1.165) is 30.5 Å². The van der Waals surface area contributed by atoms with Gasteiger partial charge < -0.3 is 0 Å². The maximum absolute atomic E-state index is 12.0. The second-order valence-electron chi connectivity index (χ2n) is 3.91. The summed E-state index contributed by atoms with van der Waals surface area (Å²) in [7, 11) is 0. The Morgan fingerprint density at radius 3 is 2.94 bits per heavy atom. The quantitative estimate of drug-likeness (QED) is 0.802. The van der Waals surface area contributed by atoms with Gasteiger partial charge in [-0.15, -0.1) is 0 Å². The van der Waals surface area contributed by atoms with E-state index in [2.05, 4.69) is 25.5 Å². The number of carbonyl (C=O) groups is 1. The number of fused-ring (bicyclic) bond motifs is 1. The van der Waals surface area contributed by atoms with Crippen LogP contribution in [-0.2, 0) is 12.8 Å². The number of rotatable bonds is 2. The molecule has 0 saturated heterocycles. The Hall–Kier alpha value is -2.24. The lowest BCUT2D eigenvalue weighted by Crippen LogP contribution is -2.16. The molecule has 1 amide bonds. The van der Waals surface area contributed by atoms with E-state index in [9.17, 15) is 4.79 Å². The highest BCUT2D eigenvalue weighted by Crippen LogP contribution is 2.22. The molecule has 1 aliphatic rings. The van der Waals surface area contributed by atoms with Crippen LogP contribution in [0.2, 0.25) is 0 Å². The van der Waals surface area contributed by atoms with E-state index in [-0.39, 0.29) is 5.91 Å². The number of aromatic amines is 1. The summed E-state index contributed by atoms with van der Waals surface area (Å²) in [5.41, 5.74) is 2.56. The molecule has 2 heterocycles. The van der Waals surface area contributed by atoms with Crippen LogP contribution in [0.5, 0.6) is 0 Å². The fraction of sp³-hybridized carbons (Fsp3) is 0.273. The number of hydrogen-bond acceptors (Lipinski definition) is 4. The Labute approximate surface area is 97.5 Å². The fourth-order valence-corrected chi connectivity index (χ4v) is 2.03. The van der Waals surface area contributed by atoms with Gasteiger partial charge in [-0.05, 0) is 25.3 Å². The van der Waals surface area contributed by atoms with Crippen LogP contribution in [0.15, 0.2) is 18.5 Å². The van der Waals surface area contributed by atoms with Crippen molar-refractivity contribution in [2.24, 2.45) is 0 Å². The van der Waals surface area contributed by atoms with Gasteiger partial charge in [0.05, 0.1) is 0 Å². The topological polar surface area (TPSA) is 83.6 Å². The molecule has 0 radical (unpaired) electrons. The number of nitrogens with zero attached hydrogens (tertiary/aromatic N) is 3. The van der Waals surface area contributed by atoms with Gasteiger partial charge in [-0.3, -0.25) is 15.2 Å². The first kappa shape index (κ1) is 9.95. The van der Waals surface area contributed by atoms with Gasteiger partial charge in [-0.1, -0.05) is 0 Å². The first-order valence-corrected chi connectivity index (χ1v) is 5.49. The summed E-state index contributed by atoms with van der Waals surface area (Å²) >= 11 is 0. The van der Waals surface area contributed by atoms with Gasteiger partial charge in [0, 0.05) is 23.7 Å². The minimum atomic E-state index is -0.254. The largest absolute Gasteiger partial charge is 0.289 e. The Balaban J connectivity index is 1.83. The zero-order valence-corrected chi connectivity index (χ0v) is 9.10. The maximum atomic E-state index is 12.0. The van der Waals surface area contributed by atoms with Crippen molar-refractivity contribution in [1.29, 1.82) is 0 Å². The molecule has 17 heavy (non-hydrogen) atoms. The summed E-state index contributed by atoms with van der Waals surface area (Å²) in [4.78, 5) is 19.8. The van der Waals surface area contributed by atoms with Crippen LogP contribution in [0, 0.1) is 0 Å². The minimum Gasteiger partial charge on any atom is -0.289 e. The molecule has 0 unspecified atom stereocenters. The molecule has 0 saturated carbocycles. The van der Waals surface area contributed by atoms with Crippen LogP contribution >= 0.6 is 0 Å². The van der Waals surface area contributed by atoms with Gasteiger partial charge in [0.1, 0.15) is 0 Å². The molecule has 2 N–H and O–H groups in total. The fourth-order valence-electron chi connectivity index (χ4n) is 2.03. The monoisotopic (exact) mass is 229 g/mol. The number of amides is 1. The van der Waals surface area contributed by atoms with Crippen LogP contribution in [0.1, 0.15) is 28.2 Å². The lowest BCUT2D eigenvalue weighted by Gasteiger charge is -2.01. The SMILES string of the molecule is O=C(Nc1ncccn1)c1n[nH]c2c1CCC2. The smallest absolute Gasteiger partial charge is 0.278 e. The molecule has 1 aliphatic carbocycles. The van der Waals surface area contributed by atoms with Gasteiger partial charge in [0.2, 0.25) is 5.95 Å². The van der Waals surface area contributed by atoms with Crippen molar-refractivity contribution in [2.75, 3.05) is 5.32 Å². The maximum Gasteiger partial charge on any atom is 0.278 e. The Bertz CT molecular complexity index is 548. The predicted molar refractivity (Wildman–Crippen MR) is 60.6 cm³/mol. The first-order chi connectivity index (χ1) is 8.34. The number of H-pyrrole nitrogens is 1. The van der Waals surface area contributed by atoms with Crippen molar-refractivity contribution >= 4 is 11.9 Å². The summed E-state index contributed by atoms with van der Waals surface area (Å²) < 4.78 is 0. The van der Waals surface area contributed by atoms with E-state index < -0.39 is 0 Å². The molecule has 2 aromatic rings. The van der Waals surface area contributed by atoms with E-state index in [1.165, 1.54) is 0 Å². The molecule has 3 rings (SSSR count). The summed E-state index contributed by atoms with van der Waals surface area (Å²) in [6.45, 7) is 0. The molecule has 6 heteroatoms. The molecule has 0 atom stereocenters. The molecule has 0 aromatic carbocycles. The van der Waals surface area contributed by atoms with Crippen molar-refractivity contribution in [3.63, 3.8) is 0 Å². The zero-order valence-electron chi connectivity index (χ0n) is 9.10. The third-order valence-electron chi connectivity index (χ3n) is 2.81. The number of carbonyl (C=O) groups excluding carboxylic acids is 1. The zero-order chi connectivity index (χ0) is 11.7. The number of anilines is 1. The standard InChI is InChI=1S/C11H11N5O/c17-10(14-11-12-5-2-6-13-11)9-7-3-1-4-8(7)15-16-9/h2,5-6H,1,3-4H2,(H,15,16)(H,12,13,14,17). The normalized spacial score (nSPS) is 13.4. The Morgan fingerprint density at radius 1 is 1.29 bits per heavy atom. The molecular weight excluding hydrogens is 218 g/mol. The summed E-state index contributed by atoms with van der Waals surface area (Å²) in [5, 5.41) is 9.57. The average molecular weight is 229 g/mol. The van der Waals surface area contributed by atoms with E-state index >= 15 is 0 Å². The van der Waals surface area contributed by atoms with Crippen LogP contribution < -0.4 is 5.32 Å².